The summed E-state index contributed by atoms with van der Waals surface area (Å²) < 4.78 is 16.0. The number of carbonyl (C=O) groups excluding carboxylic acids is 4. The third kappa shape index (κ3) is 6.47. The zero-order valence-corrected chi connectivity index (χ0v) is 24.3. The number of amides is 2. The van der Waals surface area contributed by atoms with E-state index in [9.17, 15) is 24.4 Å². The Morgan fingerprint density at radius 1 is 1.31 bits per heavy atom. The molecule has 1 saturated heterocycles. The van der Waals surface area contributed by atoms with Crippen molar-refractivity contribution in [2.45, 2.75) is 32.2 Å². The Hall–Kier alpha value is -4.62. The minimum absolute atomic E-state index is 0.0336. The van der Waals surface area contributed by atoms with Gasteiger partial charge in [0.1, 0.15) is 35.2 Å². The number of aromatic nitrogens is 1. The molecule has 2 amide bonds. The molecule has 42 heavy (non-hydrogen) atoms. The van der Waals surface area contributed by atoms with E-state index in [1.54, 1.807) is 39.0 Å². The van der Waals surface area contributed by atoms with Crippen molar-refractivity contribution in [2.75, 3.05) is 24.9 Å². The van der Waals surface area contributed by atoms with Gasteiger partial charge in [-0.15, -0.1) is 23.1 Å². The van der Waals surface area contributed by atoms with Crippen molar-refractivity contribution in [3.63, 3.8) is 0 Å². The second-order valence-corrected chi connectivity index (χ2v) is 12.0. The normalized spacial score (nSPS) is 18.4. The highest BCUT2D eigenvalue weighted by molar-refractivity contribution is 8.00. The SMILES string of the molecule is CC(C)(C)C(=O)OCOC(=O)C1=C(COc2cccc(C#N)c2)CS[C@H]2C(NC(=O)C(=NO)c3csc(N)n3)C(=O)N12. The van der Waals surface area contributed by atoms with Crippen LogP contribution in [0.5, 0.6) is 5.75 Å². The summed E-state index contributed by atoms with van der Waals surface area (Å²) in [6, 6.07) is 7.37. The Labute approximate surface area is 248 Å². The van der Waals surface area contributed by atoms with Crippen LogP contribution in [0.15, 0.2) is 46.1 Å². The van der Waals surface area contributed by atoms with E-state index in [4.69, 9.17) is 25.2 Å². The number of nitriles is 1. The maximum Gasteiger partial charge on any atom is 0.358 e. The molecule has 2 aromatic rings. The van der Waals surface area contributed by atoms with Crippen LogP contribution in [0, 0.1) is 16.7 Å². The number of thioether (sulfide) groups is 1. The lowest BCUT2D eigenvalue weighted by molar-refractivity contribution is -0.173. The highest BCUT2D eigenvalue weighted by Gasteiger charge is 2.55. The molecule has 1 aromatic carbocycles. The molecule has 0 spiro atoms. The number of hydrogen-bond acceptors (Lipinski definition) is 14. The van der Waals surface area contributed by atoms with E-state index in [1.165, 1.54) is 28.1 Å². The number of anilines is 1. The van der Waals surface area contributed by atoms with E-state index in [1.807, 2.05) is 6.07 Å². The average molecular weight is 615 g/mol. The van der Waals surface area contributed by atoms with Gasteiger partial charge in [0.05, 0.1) is 17.0 Å². The standard InChI is InChI=1S/C26H26N6O8S2/c1-26(2,3)24(36)40-12-39-23(35)19-14(9-38-15-6-4-5-13(7-15)8-27)10-41-22-18(21(34)32(19)22)30-20(33)17(31-37)16-11-42-25(28)29-16/h4-7,11,18,22,37H,9-10,12H2,1-3H3,(H2,28,29)(H,30,33)/t18?,22-/m0/s1. The quantitative estimate of drug-likeness (QED) is 0.0919. The number of thiazole rings is 1. The van der Waals surface area contributed by atoms with E-state index in [0.717, 1.165) is 11.3 Å². The highest BCUT2D eigenvalue weighted by Crippen LogP contribution is 2.41. The van der Waals surface area contributed by atoms with Gasteiger partial charge in [0, 0.05) is 16.7 Å². The Morgan fingerprint density at radius 3 is 2.71 bits per heavy atom. The van der Waals surface area contributed by atoms with Gasteiger partial charge in [0.25, 0.3) is 11.8 Å². The lowest BCUT2D eigenvalue weighted by Crippen LogP contribution is -2.71. The summed E-state index contributed by atoms with van der Waals surface area (Å²) in [5.41, 5.74) is 5.05. The molecule has 14 nitrogen and oxygen atoms in total. The van der Waals surface area contributed by atoms with Crippen LogP contribution in [0.1, 0.15) is 32.0 Å². The second kappa shape index (κ2) is 12.5. The minimum Gasteiger partial charge on any atom is -0.489 e. The number of carbonyl (C=O) groups is 4. The van der Waals surface area contributed by atoms with Gasteiger partial charge in [0.15, 0.2) is 10.8 Å². The van der Waals surface area contributed by atoms with E-state index < -0.39 is 53.1 Å². The molecule has 2 atom stereocenters. The predicted octanol–water partition coefficient (Wildman–Crippen LogP) is 1.60. The second-order valence-electron chi connectivity index (χ2n) is 9.99. The van der Waals surface area contributed by atoms with Crippen molar-refractivity contribution in [2.24, 2.45) is 10.6 Å². The summed E-state index contributed by atoms with van der Waals surface area (Å²) in [4.78, 5) is 56.5. The van der Waals surface area contributed by atoms with Crippen LogP contribution >= 0.6 is 23.1 Å². The first kappa shape index (κ1) is 30.3. The minimum atomic E-state index is -1.06. The summed E-state index contributed by atoms with van der Waals surface area (Å²) in [7, 11) is 0. The van der Waals surface area contributed by atoms with Gasteiger partial charge in [-0.05, 0) is 39.0 Å². The summed E-state index contributed by atoms with van der Waals surface area (Å²) >= 11 is 2.30. The third-order valence-electron chi connectivity index (χ3n) is 5.98. The zero-order chi connectivity index (χ0) is 30.6. The molecule has 2 aliphatic heterocycles. The zero-order valence-electron chi connectivity index (χ0n) is 22.7. The van der Waals surface area contributed by atoms with Crippen molar-refractivity contribution in [3.05, 3.63) is 52.2 Å². The molecule has 220 valence electrons. The Kier molecular flexibility index (Phi) is 9.02. The number of oxime groups is 1. The molecule has 1 fully saturated rings. The van der Waals surface area contributed by atoms with Gasteiger partial charge in [0.2, 0.25) is 6.79 Å². The topological polar surface area (TPSA) is 207 Å². The fraction of sp³-hybridized carbons (Fsp3) is 0.346. The third-order valence-corrected chi connectivity index (χ3v) is 7.99. The molecule has 0 saturated carbocycles. The molecule has 4 N–H and O–H groups in total. The van der Waals surface area contributed by atoms with E-state index in [-0.39, 0.29) is 28.9 Å². The monoisotopic (exact) mass is 614 g/mol. The number of rotatable bonds is 9. The summed E-state index contributed by atoms with van der Waals surface area (Å²) in [6.45, 7) is 4.13. The molecule has 0 bridgehead atoms. The van der Waals surface area contributed by atoms with Gasteiger partial charge in [-0.25, -0.2) is 9.78 Å². The van der Waals surface area contributed by atoms with Crippen molar-refractivity contribution < 1.29 is 38.6 Å². The molecule has 0 radical (unpaired) electrons. The van der Waals surface area contributed by atoms with Crippen LogP contribution in [-0.4, -0.2) is 75.1 Å². The largest absolute Gasteiger partial charge is 0.489 e. The summed E-state index contributed by atoms with van der Waals surface area (Å²) in [5, 5.41) is 24.9. The molecule has 1 aromatic heterocycles. The molecule has 3 heterocycles. The van der Waals surface area contributed by atoms with Crippen LogP contribution < -0.4 is 15.8 Å². The van der Waals surface area contributed by atoms with Gasteiger partial charge >= 0.3 is 11.9 Å². The van der Waals surface area contributed by atoms with E-state index >= 15 is 0 Å². The molecule has 16 heteroatoms. The van der Waals surface area contributed by atoms with Crippen LogP contribution in [0.4, 0.5) is 5.13 Å². The number of benzene rings is 1. The summed E-state index contributed by atoms with van der Waals surface area (Å²) in [6.07, 6.45) is 0. The van der Waals surface area contributed by atoms with Crippen molar-refractivity contribution in [1.29, 1.82) is 5.26 Å². The molecule has 4 rings (SSSR count). The van der Waals surface area contributed by atoms with Gasteiger partial charge in [-0.2, -0.15) is 5.26 Å². The average Bonchev–Trinajstić information content (AvgIpc) is 3.39. The van der Waals surface area contributed by atoms with Crippen molar-refractivity contribution in [1.82, 2.24) is 15.2 Å². The first-order valence-corrected chi connectivity index (χ1v) is 14.3. The molecule has 1 unspecified atom stereocenters. The van der Waals surface area contributed by atoms with Crippen LogP contribution in [0.25, 0.3) is 0 Å². The predicted molar refractivity (Wildman–Crippen MR) is 150 cm³/mol. The van der Waals surface area contributed by atoms with E-state index in [2.05, 4.69) is 15.5 Å². The first-order valence-electron chi connectivity index (χ1n) is 12.3. The number of hydrogen-bond donors (Lipinski definition) is 3. The molecular weight excluding hydrogens is 588 g/mol. The number of β-lactam (4-membered cyclic amide) rings is 1. The van der Waals surface area contributed by atoms with Gasteiger partial charge < -0.3 is 30.5 Å². The van der Waals surface area contributed by atoms with Crippen molar-refractivity contribution in [3.8, 4) is 11.8 Å². The van der Waals surface area contributed by atoms with E-state index in [0.29, 0.717) is 16.9 Å². The maximum absolute atomic E-state index is 13.3. The lowest BCUT2D eigenvalue weighted by atomic mass is 9.98. The smallest absolute Gasteiger partial charge is 0.358 e. The number of nitrogens with zero attached hydrogens (tertiary/aromatic N) is 4. The van der Waals surface area contributed by atoms with Gasteiger partial charge in [-0.1, -0.05) is 11.2 Å². The molecular formula is C26H26N6O8S2. The number of nitrogen functional groups attached to an aromatic ring is 1. The fourth-order valence-corrected chi connectivity index (χ4v) is 5.72. The Morgan fingerprint density at radius 2 is 2.07 bits per heavy atom. The number of esters is 2. The fourth-order valence-electron chi connectivity index (χ4n) is 3.85. The number of fused-ring (bicyclic) bond motifs is 1. The van der Waals surface area contributed by atoms with Crippen molar-refractivity contribution >= 4 is 57.7 Å². The van der Waals surface area contributed by atoms with Crippen LogP contribution in [0.3, 0.4) is 0 Å². The highest BCUT2D eigenvalue weighted by atomic mass is 32.2. The Bertz CT molecular complexity index is 1520. The first-order chi connectivity index (χ1) is 19.9. The van der Waals surface area contributed by atoms with Gasteiger partial charge in [-0.3, -0.25) is 19.3 Å². The Balaban J connectivity index is 1.53. The molecule has 0 aliphatic carbocycles. The maximum atomic E-state index is 13.3. The lowest BCUT2D eigenvalue weighted by Gasteiger charge is -2.49. The number of nitrogens with one attached hydrogen (secondary N) is 1. The number of ether oxygens (including phenoxy) is 3. The van der Waals surface area contributed by atoms with Crippen LogP contribution in [0.2, 0.25) is 0 Å². The summed E-state index contributed by atoms with van der Waals surface area (Å²) in [5.74, 6) is -2.42. The van der Waals surface area contributed by atoms with Crippen LogP contribution in [-0.2, 0) is 28.7 Å². The number of nitrogens with two attached hydrogens (primary N) is 1. The molecule has 2 aliphatic rings.